The van der Waals surface area contributed by atoms with Crippen LogP contribution in [0, 0.1) is 5.82 Å². The summed E-state index contributed by atoms with van der Waals surface area (Å²) >= 11 is 12.0. The number of benzene rings is 3. The maximum Gasteiger partial charge on any atom is 0.258 e. The number of amides is 1. The third-order valence-electron chi connectivity index (χ3n) is 4.03. The molecule has 0 saturated carbocycles. The van der Waals surface area contributed by atoms with E-state index in [1.165, 1.54) is 0 Å². The Bertz CT molecular complexity index is 1170. The fraction of sp³-hybridized carbons (Fsp3) is 0.0500. The zero-order valence-electron chi connectivity index (χ0n) is 14.8. The first-order chi connectivity index (χ1) is 13.8. The minimum absolute atomic E-state index is 0.0550. The Balaban J connectivity index is 1.83. The van der Waals surface area contributed by atoms with Crippen LogP contribution in [0.2, 0.25) is 10.0 Å². The van der Waals surface area contributed by atoms with Crippen LogP contribution in [0.3, 0.4) is 0 Å². The van der Waals surface area contributed by atoms with Crippen molar-refractivity contribution in [1.29, 1.82) is 0 Å². The van der Waals surface area contributed by atoms with Gasteiger partial charge < -0.3 is 5.32 Å². The minimum atomic E-state index is -4.01. The lowest BCUT2D eigenvalue weighted by Gasteiger charge is -2.11. The van der Waals surface area contributed by atoms with Gasteiger partial charge in [0.2, 0.25) is 10.0 Å². The second kappa shape index (κ2) is 8.92. The summed E-state index contributed by atoms with van der Waals surface area (Å²) in [6.07, 6.45) is 0. The number of carbonyl (C=O) groups excluding carboxylic acids is 1. The highest BCUT2D eigenvalue weighted by atomic mass is 35.5. The number of carbonyl (C=O) groups is 1. The quantitative estimate of drug-likeness (QED) is 0.560. The number of anilines is 1. The molecule has 0 heterocycles. The van der Waals surface area contributed by atoms with Crippen molar-refractivity contribution in [1.82, 2.24) is 4.72 Å². The summed E-state index contributed by atoms with van der Waals surface area (Å²) in [5, 5.41) is 3.15. The fourth-order valence-electron chi connectivity index (χ4n) is 2.50. The van der Waals surface area contributed by atoms with E-state index in [0.717, 1.165) is 18.2 Å². The molecule has 0 fully saturated rings. The topological polar surface area (TPSA) is 75.3 Å². The van der Waals surface area contributed by atoms with Crippen LogP contribution in [0.15, 0.2) is 71.6 Å². The van der Waals surface area contributed by atoms with Gasteiger partial charge in [-0.25, -0.2) is 17.5 Å². The van der Waals surface area contributed by atoms with Gasteiger partial charge in [-0.3, -0.25) is 4.79 Å². The lowest BCUT2D eigenvalue weighted by Crippen LogP contribution is -2.24. The van der Waals surface area contributed by atoms with Crippen LogP contribution in [0.25, 0.3) is 0 Å². The Hall–Kier alpha value is -2.45. The van der Waals surface area contributed by atoms with E-state index in [0.29, 0.717) is 10.6 Å². The van der Waals surface area contributed by atoms with Crippen LogP contribution in [0.5, 0.6) is 0 Å². The van der Waals surface area contributed by atoms with Gasteiger partial charge in [0.1, 0.15) is 5.82 Å². The molecule has 0 aliphatic rings. The van der Waals surface area contributed by atoms with Gasteiger partial charge in [-0.15, -0.1) is 0 Å². The van der Waals surface area contributed by atoms with E-state index in [9.17, 15) is 17.6 Å². The Morgan fingerprint density at radius 2 is 1.59 bits per heavy atom. The van der Waals surface area contributed by atoms with Gasteiger partial charge in [-0.05, 0) is 42.0 Å². The van der Waals surface area contributed by atoms with Crippen LogP contribution >= 0.6 is 23.2 Å². The van der Waals surface area contributed by atoms with Crippen molar-refractivity contribution >= 4 is 44.8 Å². The number of halogens is 3. The van der Waals surface area contributed by atoms with Crippen LogP contribution in [0.1, 0.15) is 15.9 Å². The van der Waals surface area contributed by atoms with E-state index >= 15 is 0 Å². The fourth-order valence-corrected chi connectivity index (χ4v) is 3.91. The predicted octanol–water partition coefficient (Wildman–Crippen LogP) is 4.86. The van der Waals surface area contributed by atoms with Crippen LogP contribution in [-0.4, -0.2) is 14.3 Å². The van der Waals surface area contributed by atoms with Gasteiger partial charge in [0.15, 0.2) is 0 Å². The second-order valence-corrected chi connectivity index (χ2v) is 8.57. The molecule has 0 aliphatic heterocycles. The summed E-state index contributed by atoms with van der Waals surface area (Å²) in [6.45, 7) is -0.0550. The number of hydrogen-bond donors (Lipinski definition) is 2. The maximum absolute atomic E-state index is 14.2. The predicted molar refractivity (Wildman–Crippen MR) is 111 cm³/mol. The van der Waals surface area contributed by atoms with E-state index in [4.69, 9.17) is 23.2 Å². The monoisotopic (exact) mass is 452 g/mol. The highest BCUT2D eigenvalue weighted by molar-refractivity contribution is 7.89. The van der Waals surface area contributed by atoms with E-state index in [1.807, 2.05) is 0 Å². The van der Waals surface area contributed by atoms with Crippen molar-refractivity contribution in [2.75, 3.05) is 5.32 Å². The SMILES string of the molecule is O=C(Nc1ccccc1Cl)c1cc(S(=O)(=O)NCc2ccccc2Cl)ccc1F. The van der Waals surface area contributed by atoms with E-state index < -0.39 is 27.3 Å². The summed E-state index contributed by atoms with van der Waals surface area (Å²) in [6, 6.07) is 16.2. The van der Waals surface area contributed by atoms with Gasteiger partial charge in [0.05, 0.1) is 21.2 Å². The largest absolute Gasteiger partial charge is 0.321 e. The first kappa shape index (κ1) is 21.3. The van der Waals surface area contributed by atoms with E-state index in [-0.39, 0.29) is 22.2 Å². The summed E-state index contributed by atoms with van der Waals surface area (Å²) < 4.78 is 41.7. The normalized spacial score (nSPS) is 11.3. The van der Waals surface area contributed by atoms with Gasteiger partial charge >= 0.3 is 0 Å². The molecular formula is C20H15Cl2FN2O3S. The zero-order valence-corrected chi connectivity index (χ0v) is 17.2. The molecule has 0 saturated heterocycles. The molecule has 3 rings (SSSR count). The smallest absolute Gasteiger partial charge is 0.258 e. The highest BCUT2D eigenvalue weighted by Gasteiger charge is 2.20. The number of para-hydroxylation sites is 1. The third-order valence-corrected chi connectivity index (χ3v) is 6.12. The average molecular weight is 453 g/mol. The molecule has 29 heavy (non-hydrogen) atoms. The molecule has 3 aromatic rings. The molecule has 0 radical (unpaired) electrons. The van der Waals surface area contributed by atoms with E-state index in [2.05, 4.69) is 10.0 Å². The Morgan fingerprint density at radius 3 is 2.28 bits per heavy atom. The number of nitrogens with one attached hydrogen (secondary N) is 2. The summed E-state index contributed by atoms with van der Waals surface area (Å²) in [4.78, 5) is 12.2. The Morgan fingerprint density at radius 1 is 0.931 bits per heavy atom. The Kier molecular flexibility index (Phi) is 6.54. The molecule has 0 aliphatic carbocycles. The van der Waals surface area contributed by atoms with Crippen LogP contribution < -0.4 is 10.0 Å². The minimum Gasteiger partial charge on any atom is -0.321 e. The molecular weight excluding hydrogens is 438 g/mol. The Labute approximate surface area is 177 Å². The highest BCUT2D eigenvalue weighted by Crippen LogP contribution is 2.23. The van der Waals surface area contributed by atoms with Gasteiger partial charge in [0, 0.05) is 11.6 Å². The first-order valence-corrected chi connectivity index (χ1v) is 10.6. The molecule has 0 aromatic heterocycles. The number of sulfonamides is 1. The van der Waals surface area contributed by atoms with Crippen LogP contribution in [-0.2, 0) is 16.6 Å². The molecule has 150 valence electrons. The standard InChI is InChI=1S/C20H15Cl2FN2O3S/c21-16-6-2-1-5-13(16)12-24-29(27,28)14-9-10-18(23)15(11-14)20(26)25-19-8-4-3-7-17(19)22/h1-11,24H,12H2,(H,25,26). The molecule has 0 spiro atoms. The molecule has 2 N–H and O–H groups in total. The van der Waals surface area contributed by atoms with E-state index in [1.54, 1.807) is 48.5 Å². The molecule has 5 nitrogen and oxygen atoms in total. The molecule has 9 heteroatoms. The van der Waals surface area contributed by atoms with Crippen molar-refractivity contribution in [3.05, 3.63) is 93.7 Å². The summed E-state index contributed by atoms with van der Waals surface area (Å²) in [7, 11) is -4.01. The van der Waals surface area contributed by atoms with Crippen molar-refractivity contribution in [2.24, 2.45) is 0 Å². The molecule has 1 amide bonds. The molecule has 0 atom stereocenters. The third kappa shape index (κ3) is 5.13. The van der Waals surface area contributed by atoms with Gasteiger partial charge in [-0.1, -0.05) is 53.5 Å². The molecule has 3 aromatic carbocycles. The second-order valence-electron chi connectivity index (χ2n) is 5.99. The molecule has 0 bridgehead atoms. The number of hydrogen-bond acceptors (Lipinski definition) is 3. The molecule has 0 unspecified atom stereocenters. The summed E-state index contributed by atoms with van der Waals surface area (Å²) in [5.41, 5.74) is 0.436. The summed E-state index contributed by atoms with van der Waals surface area (Å²) in [5.74, 6) is -1.68. The van der Waals surface area contributed by atoms with Gasteiger partial charge in [-0.2, -0.15) is 0 Å². The first-order valence-electron chi connectivity index (χ1n) is 8.36. The van der Waals surface area contributed by atoms with Crippen molar-refractivity contribution in [3.63, 3.8) is 0 Å². The van der Waals surface area contributed by atoms with Crippen molar-refractivity contribution in [3.8, 4) is 0 Å². The van der Waals surface area contributed by atoms with Gasteiger partial charge in [0.25, 0.3) is 5.91 Å². The van der Waals surface area contributed by atoms with Crippen LogP contribution in [0.4, 0.5) is 10.1 Å². The van der Waals surface area contributed by atoms with Crippen molar-refractivity contribution < 1.29 is 17.6 Å². The number of rotatable bonds is 6. The zero-order chi connectivity index (χ0) is 21.0. The lowest BCUT2D eigenvalue weighted by molar-refractivity contribution is 0.102. The average Bonchev–Trinajstić information content (AvgIpc) is 2.69. The van der Waals surface area contributed by atoms with Crippen molar-refractivity contribution in [2.45, 2.75) is 11.4 Å². The maximum atomic E-state index is 14.2. The lowest BCUT2D eigenvalue weighted by atomic mass is 10.2.